The molecule has 1 aliphatic heterocycles. The Labute approximate surface area is 73.7 Å². The third kappa shape index (κ3) is 1.90. The summed E-state index contributed by atoms with van der Waals surface area (Å²) in [4.78, 5) is 13.1. The van der Waals surface area contributed by atoms with Crippen molar-refractivity contribution in [1.82, 2.24) is 4.90 Å². The second-order valence-electron chi connectivity index (χ2n) is 3.22. The number of rotatable bonds is 1. The van der Waals surface area contributed by atoms with Gasteiger partial charge in [0, 0.05) is 12.6 Å². The van der Waals surface area contributed by atoms with E-state index in [-0.39, 0.29) is 6.09 Å². The molecule has 0 saturated carbocycles. The van der Waals surface area contributed by atoms with Crippen molar-refractivity contribution in [3.63, 3.8) is 0 Å². The van der Waals surface area contributed by atoms with Gasteiger partial charge < -0.3 is 9.64 Å². The van der Waals surface area contributed by atoms with Gasteiger partial charge in [-0.3, -0.25) is 0 Å². The Morgan fingerprint density at radius 2 is 2.33 bits per heavy atom. The van der Waals surface area contributed by atoms with Crippen molar-refractivity contribution in [2.24, 2.45) is 0 Å². The van der Waals surface area contributed by atoms with Crippen LogP contribution in [-0.2, 0) is 4.74 Å². The minimum absolute atomic E-state index is 0.165. The van der Waals surface area contributed by atoms with Crippen molar-refractivity contribution in [3.8, 4) is 0 Å². The van der Waals surface area contributed by atoms with E-state index in [9.17, 15) is 4.79 Å². The summed E-state index contributed by atoms with van der Waals surface area (Å²) in [5.74, 6) is 0. The summed E-state index contributed by atoms with van der Waals surface area (Å²) in [6.45, 7) is 2.98. The second-order valence-corrected chi connectivity index (χ2v) is 3.22. The summed E-state index contributed by atoms with van der Waals surface area (Å²) in [6, 6.07) is 0.409. The van der Waals surface area contributed by atoms with Crippen LogP contribution in [0.15, 0.2) is 0 Å². The van der Waals surface area contributed by atoms with Crippen LogP contribution >= 0.6 is 0 Å². The molecule has 0 unspecified atom stereocenters. The van der Waals surface area contributed by atoms with E-state index in [0.29, 0.717) is 6.04 Å². The van der Waals surface area contributed by atoms with Gasteiger partial charge in [-0.2, -0.15) is 0 Å². The summed E-state index contributed by atoms with van der Waals surface area (Å²) in [7, 11) is 1.45. The van der Waals surface area contributed by atoms with Gasteiger partial charge in [-0.05, 0) is 25.7 Å². The van der Waals surface area contributed by atoms with Crippen LogP contribution in [0.25, 0.3) is 0 Å². The first kappa shape index (κ1) is 9.36. The van der Waals surface area contributed by atoms with Crippen LogP contribution in [0.2, 0.25) is 0 Å². The van der Waals surface area contributed by atoms with Crippen LogP contribution in [0.5, 0.6) is 0 Å². The van der Waals surface area contributed by atoms with Gasteiger partial charge in [0.05, 0.1) is 7.11 Å². The highest BCUT2D eigenvalue weighted by Gasteiger charge is 2.25. The van der Waals surface area contributed by atoms with Gasteiger partial charge in [0.2, 0.25) is 0 Å². The molecule has 1 aliphatic rings. The topological polar surface area (TPSA) is 29.5 Å². The monoisotopic (exact) mass is 171 g/mol. The Balaban J connectivity index is 2.52. The Bertz CT molecular complexity index is 159. The van der Waals surface area contributed by atoms with E-state index < -0.39 is 0 Å². The fourth-order valence-corrected chi connectivity index (χ4v) is 1.78. The molecule has 1 rings (SSSR count). The number of methoxy groups -OCH3 is 1. The van der Waals surface area contributed by atoms with Crippen molar-refractivity contribution in [3.05, 3.63) is 0 Å². The Morgan fingerprint density at radius 3 is 2.92 bits per heavy atom. The fraction of sp³-hybridized carbons (Fsp3) is 0.889. The van der Waals surface area contributed by atoms with Gasteiger partial charge in [0.25, 0.3) is 0 Å². The fourth-order valence-electron chi connectivity index (χ4n) is 1.78. The van der Waals surface area contributed by atoms with E-state index in [1.807, 2.05) is 4.90 Å². The first-order chi connectivity index (χ1) is 5.79. The van der Waals surface area contributed by atoms with Crippen LogP contribution in [0.4, 0.5) is 4.79 Å². The molecule has 0 aromatic rings. The van der Waals surface area contributed by atoms with Crippen molar-refractivity contribution >= 4 is 6.09 Å². The van der Waals surface area contributed by atoms with Crippen LogP contribution < -0.4 is 0 Å². The van der Waals surface area contributed by atoms with Crippen LogP contribution in [-0.4, -0.2) is 30.7 Å². The maximum atomic E-state index is 11.2. The van der Waals surface area contributed by atoms with Crippen molar-refractivity contribution < 1.29 is 9.53 Å². The summed E-state index contributed by atoms with van der Waals surface area (Å²) in [5.41, 5.74) is 0. The molecular formula is C9H17NO2. The third-order valence-corrected chi connectivity index (χ3v) is 2.51. The molecule has 0 aromatic heterocycles. The Hall–Kier alpha value is -0.730. The Morgan fingerprint density at radius 1 is 1.58 bits per heavy atom. The lowest BCUT2D eigenvalue weighted by molar-refractivity contribution is 0.0884. The average molecular weight is 171 g/mol. The molecular weight excluding hydrogens is 154 g/mol. The van der Waals surface area contributed by atoms with Gasteiger partial charge in [-0.25, -0.2) is 4.79 Å². The number of nitrogens with zero attached hydrogens (tertiary/aromatic N) is 1. The van der Waals surface area contributed by atoms with E-state index in [4.69, 9.17) is 4.74 Å². The molecule has 0 radical (unpaired) electrons. The molecule has 1 amide bonds. The molecule has 3 heteroatoms. The molecule has 12 heavy (non-hydrogen) atoms. The minimum Gasteiger partial charge on any atom is -0.453 e. The highest BCUT2D eigenvalue weighted by atomic mass is 16.5. The number of piperidine rings is 1. The molecule has 70 valence electrons. The van der Waals surface area contributed by atoms with E-state index in [2.05, 4.69) is 6.92 Å². The molecule has 1 fully saturated rings. The largest absolute Gasteiger partial charge is 0.453 e. The number of carbonyl (C=O) groups excluding carboxylic acids is 1. The molecule has 1 saturated heterocycles. The summed E-state index contributed by atoms with van der Waals surface area (Å²) < 4.78 is 4.71. The lowest BCUT2D eigenvalue weighted by Gasteiger charge is -2.33. The van der Waals surface area contributed by atoms with Gasteiger partial charge in [0.1, 0.15) is 0 Å². The van der Waals surface area contributed by atoms with Gasteiger partial charge in [0.15, 0.2) is 0 Å². The lowest BCUT2D eigenvalue weighted by atomic mass is 10.0. The molecule has 1 atom stereocenters. The van der Waals surface area contributed by atoms with Gasteiger partial charge in [-0.15, -0.1) is 0 Å². The second kappa shape index (κ2) is 4.33. The van der Waals surface area contributed by atoms with E-state index >= 15 is 0 Å². The van der Waals surface area contributed by atoms with Gasteiger partial charge in [-0.1, -0.05) is 6.92 Å². The molecule has 0 aromatic carbocycles. The third-order valence-electron chi connectivity index (χ3n) is 2.51. The number of amides is 1. The number of hydrogen-bond donors (Lipinski definition) is 0. The standard InChI is InChI=1S/C9H17NO2/c1-3-8-6-4-5-7-10(8)9(11)12-2/h8H,3-7H2,1-2H3/t8-/m1/s1. The number of likely N-dealkylation sites (tertiary alicyclic amines) is 1. The predicted molar refractivity (Wildman–Crippen MR) is 47.0 cm³/mol. The van der Waals surface area contributed by atoms with E-state index in [1.54, 1.807) is 0 Å². The van der Waals surface area contributed by atoms with Crippen molar-refractivity contribution in [2.45, 2.75) is 38.6 Å². The van der Waals surface area contributed by atoms with Crippen LogP contribution in [0.3, 0.4) is 0 Å². The molecule has 0 N–H and O–H groups in total. The van der Waals surface area contributed by atoms with E-state index in [1.165, 1.54) is 13.5 Å². The quantitative estimate of drug-likeness (QED) is 0.604. The molecule has 0 aliphatic carbocycles. The zero-order chi connectivity index (χ0) is 8.97. The van der Waals surface area contributed by atoms with Crippen LogP contribution in [0, 0.1) is 0 Å². The average Bonchev–Trinajstić information content (AvgIpc) is 2.16. The molecule has 0 bridgehead atoms. The SMILES string of the molecule is CC[C@@H]1CCCCN1C(=O)OC. The number of carbonyl (C=O) groups is 1. The van der Waals surface area contributed by atoms with E-state index in [0.717, 1.165) is 25.8 Å². The van der Waals surface area contributed by atoms with Gasteiger partial charge >= 0.3 is 6.09 Å². The molecule has 3 nitrogen and oxygen atoms in total. The number of hydrogen-bond acceptors (Lipinski definition) is 2. The summed E-state index contributed by atoms with van der Waals surface area (Å²) in [5, 5.41) is 0. The summed E-state index contributed by atoms with van der Waals surface area (Å²) in [6.07, 6.45) is 4.36. The Kier molecular flexibility index (Phi) is 3.38. The van der Waals surface area contributed by atoms with Crippen molar-refractivity contribution in [1.29, 1.82) is 0 Å². The van der Waals surface area contributed by atoms with Crippen LogP contribution in [0.1, 0.15) is 32.6 Å². The smallest absolute Gasteiger partial charge is 0.409 e. The maximum absolute atomic E-state index is 11.2. The first-order valence-corrected chi connectivity index (χ1v) is 4.64. The lowest BCUT2D eigenvalue weighted by Crippen LogP contribution is -2.43. The normalized spacial score (nSPS) is 23.8. The predicted octanol–water partition coefficient (Wildman–Crippen LogP) is 2.02. The molecule has 0 spiro atoms. The van der Waals surface area contributed by atoms with Crippen molar-refractivity contribution in [2.75, 3.05) is 13.7 Å². The highest BCUT2D eigenvalue weighted by molar-refractivity contribution is 5.67. The number of ether oxygens (including phenoxy) is 1. The first-order valence-electron chi connectivity index (χ1n) is 4.64. The zero-order valence-electron chi connectivity index (χ0n) is 7.88. The highest BCUT2D eigenvalue weighted by Crippen LogP contribution is 2.19. The maximum Gasteiger partial charge on any atom is 0.409 e. The molecule has 1 heterocycles. The minimum atomic E-state index is -0.165. The summed E-state index contributed by atoms with van der Waals surface area (Å²) >= 11 is 0. The zero-order valence-corrected chi connectivity index (χ0v) is 7.88.